The van der Waals surface area contributed by atoms with Gasteiger partial charge in [-0.05, 0) is 17.5 Å². The van der Waals surface area contributed by atoms with Crippen LogP contribution in [0.2, 0.25) is 5.15 Å². The molecule has 3 N–H and O–H groups in total. The highest BCUT2D eigenvalue weighted by Gasteiger charge is 2.10. The Bertz CT molecular complexity index is 743. The first-order chi connectivity index (χ1) is 9.75. The van der Waals surface area contributed by atoms with E-state index in [9.17, 15) is 0 Å². The fourth-order valence-electron chi connectivity index (χ4n) is 2.14. The Morgan fingerprint density at radius 3 is 2.50 bits per heavy atom. The second kappa shape index (κ2) is 5.35. The van der Waals surface area contributed by atoms with Crippen molar-refractivity contribution in [3.05, 3.63) is 59.5 Å². The third kappa shape index (κ3) is 2.38. The third-order valence-electron chi connectivity index (χ3n) is 3.15. The monoisotopic (exact) mass is 284 g/mol. The number of nitrogens with two attached hydrogens (primary N) is 1. The van der Waals surface area contributed by atoms with Gasteiger partial charge in [0.2, 0.25) is 0 Å². The molecule has 2 aromatic heterocycles. The van der Waals surface area contributed by atoms with Crippen molar-refractivity contribution < 1.29 is 0 Å². The van der Waals surface area contributed by atoms with E-state index in [4.69, 9.17) is 17.3 Å². The van der Waals surface area contributed by atoms with Gasteiger partial charge in [0.05, 0.1) is 0 Å². The van der Waals surface area contributed by atoms with Crippen molar-refractivity contribution in [3.8, 4) is 0 Å². The SMILES string of the molecule is Nc1nc(Cl)c2ccccc2c1CNc1ccncc1. The molecule has 0 radical (unpaired) electrons. The Morgan fingerprint density at radius 2 is 1.75 bits per heavy atom. The molecule has 3 aromatic rings. The van der Waals surface area contributed by atoms with Crippen LogP contribution in [0, 0.1) is 0 Å². The lowest BCUT2D eigenvalue weighted by atomic mass is 10.1. The quantitative estimate of drug-likeness (QED) is 0.723. The number of rotatable bonds is 3. The highest BCUT2D eigenvalue weighted by atomic mass is 35.5. The number of benzene rings is 1. The third-order valence-corrected chi connectivity index (χ3v) is 3.44. The van der Waals surface area contributed by atoms with Crippen LogP contribution in [-0.2, 0) is 6.54 Å². The van der Waals surface area contributed by atoms with Gasteiger partial charge in [0.25, 0.3) is 0 Å². The summed E-state index contributed by atoms with van der Waals surface area (Å²) in [6.07, 6.45) is 3.48. The van der Waals surface area contributed by atoms with E-state index in [0.29, 0.717) is 17.5 Å². The molecule has 0 saturated carbocycles. The Balaban J connectivity index is 1.99. The number of halogens is 1. The molecule has 0 aliphatic rings. The standard InChI is InChI=1S/C15H13ClN4/c16-14-12-4-2-1-3-11(12)13(15(17)20-14)9-19-10-5-7-18-8-6-10/h1-8H,9H2,(H2,17,20)(H,18,19). The average Bonchev–Trinajstić information content (AvgIpc) is 2.48. The molecule has 0 spiro atoms. The number of hydrogen-bond acceptors (Lipinski definition) is 4. The summed E-state index contributed by atoms with van der Waals surface area (Å²) in [5, 5.41) is 5.68. The summed E-state index contributed by atoms with van der Waals surface area (Å²) in [5.41, 5.74) is 7.93. The fourth-order valence-corrected chi connectivity index (χ4v) is 2.40. The van der Waals surface area contributed by atoms with Gasteiger partial charge < -0.3 is 11.1 Å². The predicted octanol–water partition coefficient (Wildman–Crippen LogP) is 3.48. The number of nitrogens with zero attached hydrogens (tertiary/aromatic N) is 2. The lowest BCUT2D eigenvalue weighted by molar-refractivity contribution is 1.14. The number of anilines is 2. The van der Waals surface area contributed by atoms with Crippen LogP contribution < -0.4 is 11.1 Å². The number of hydrogen-bond donors (Lipinski definition) is 2. The minimum Gasteiger partial charge on any atom is -0.383 e. The summed E-state index contributed by atoms with van der Waals surface area (Å²) >= 11 is 6.13. The van der Waals surface area contributed by atoms with Gasteiger partial charge in [0.15, 0.2) is 0 Å². The van der Waals surface area contributed by atoms with Crippen molar-refractivity contribution in [2.24, 2.45) is 0 Å². The van der Waals surface area contributed by atoms with Gasteiger partial charge in [-0.3, -0.25) is 4.98 Å². The maximum absolute atomic E-state index is 6.13. The minimum absolute atomic E-state index is 0.436. The molecule has 0 saturated heterocycles. The Hall–Kier alpha value is -2.33. The lowest BCUT2D eigenvalue weighted by Crippen LogP contribution is -2.06. The maximum Gasteiger partial charge on any atom is 0.139 e. The Kier molecular flexibility index (Phi) is 3.39. The van der Waals surface area contributed by atoms with Gasteiger partial charge in [0, 0.05) is 35.6 Å². The highest BCUT2D eigenvalue weighted by molar-refractivity contribution is 6.34. The first kappa shape index (κ1) is 12.7. The van der Waals surface area contributed by atoms with Crippen molar-refractivity contribution in [2.75, 3.05) is 11.1 Å². The number of fused-ring (bicyclic) bond motifs is 1. The molecular formula is C15H13ClN4. The van der Waals surface area contributed by atoms with Crippen LogP contribution in [0.25, 0.3) is 10.8 Å². The van der Waals surface area contributed by atoms with Crippen LogP contribution in [0.3, 0.4) is 0 Å². The zero-order valence-corrected chi connectivity index (χ0v) is 11.4. The lowest BCUT2D eigenvalue weighted by Gasteiger charge is -2.12. The van der Waals surface area contributed by atoms with Crippen molar-refractivity contribution in [2.45, 2.75) is 6.54 Å². The summed E-state index contributed by atoms with van der Waals surface area (Å²) in [7, 11) is 0. The van der Waals surface area contributed by atoms with Crippen LogP contribution in [0.4, 0.5) is 11.5 Å². The van der Waals surface area contributed by atoms with Crippen molar-refractivity contribution >= 4 is 33.9 Å². The van der Waals surface area contributed by atoms with Crippen LogP contribution in [0.5, 0.6) is 0 Å². The van der Waals surface area contributed by atoms with Gasteiger partial charge >= 0.3 is 0 Å². The van der Waals surface area contributed by atoms with Gasteiger partial charge in [-0.15, -0.1) is 0 Å². The predicted molar refractivity (Wildman–Crippen MR) is 82.7 cm³/mol. The normalized spacial score (nSPS) is 10.7. The van der Waals surface area contributed by atoms with Crippen molar-refractivity contribution in [1.29, 1.82) is 0 Å². The molecule has 20 heavy (non-hydrogen) atoms. The summed E-state index contributed by atoms with van der Waals surface area (Å²) in [6.45, 7) is 0.584. The molecule has 1 aromatic carbocycles. The maximum atomic E-state index is 6.13. The average molecular weight is 285 g/mol. The number of nitrogen functional groups attached to an aromatic ring is 1. The minimum atomic E-state index is 0.436. The van der Waals surface area contributed by atoms with E-state index in [0.717, 1.165) is 22.0 Å². The molecule has 0 atom stereocenters. The van der Waals surface area contributed by atoms with Gasteiger partial charge in [0.1, 0.15) is 11.0 Å². The topological polar surface area (TPSA) is 63.8 Å². The van der Waals surface area contributed by atoms with E-state index in [1.54, 1.807) is 12.4 Å². The molecule has 0 bridgehead atoms. The van der Waals surface area contributed by atoms with E-state index < -0.39 is 0 Å². The molecule has 0 aliphatic carbocycles. The van der Waals surface area contributed by atoms with E-state index >= 15 is 0 Å². The second-order valence-electron chi connectivity index (χ2n) is 4.40. The largest absolute Gasteiger partial charge is 0.383 e. The first-order valence-corrected chi connectivity index (χ1v) is 6.60. The van der Waals surface area contributed by atoms with Gasteiger partial charge in [-0.25, -0.2) is 4.98 Å². The van der Waals surface area contributed by atoms with E-state index in [2.05, 4.69) is 15.3 Å². The van der Waals surface area contributed by atoms with Crippen LogP contribution >= 0.6 is 11.6 Å². The van der Waals surface area contributed by atoms with Crippen LogP contribution in [0.1, 0.15) is 5.56 Å². The fraction of sp³-hybridized carbons (Fsp3) is 0.0667. The van der Waals surface area contributed by atoms with E-state index in [1.807, 2.05) is 36.4 Å². The van der Waals surface area contributed by atoms with Crippen LogP contribution in [-0.4, -0.2) is 9.97 Å². The molecule has 4 nitrogen and oxygen atoms in total. The first-order valence-electron chi connectivity index (χ1n) is 6.22. The molecule has 0 aliphatic heterocycles. The van der Waals surface area contributed by atoms with E-state index in [-0.39, 0.29) is 0 Å². The Morgan fingerprint density at radius 1 is 1.05 bits per heavy atom. The molecule has 0 unspecified atom stereocenters. The second-order valence-corrected chi connectivity index (χ2v) is 4.76. The zero-order chi connectivity index (χ0) is 13.9. The van der Waals surface area contributed by atoms with Gasteiger partial charge in [-0.2, -0.15) is 0 Å². The summed E-state index contributed by atoms with van der Waals surface area (Å²) in [4.78, 5) is 8.19. The number of aromatic nitrogens is 2. The molecule has 0 amide bonds. The summed E-state index contributed by atoms with van der Waals surface area (Å²) in [5.74, 6) is 0.454. The Labute approximate surface area is 121 Å². The molecule has 3 rings (SSSR count). The smallest absolute Gasteiger partial charge is 0.139 e. The van der Waals surface area contributed by atoms with Gasteiger partial charge in [-0.1, -0.05) is 35.9 Å². The molecular weight excluding hydrogens is 272 g/mol. The summed E-state index contributed by atoms with van der Waals surface area (Å²) in [6, 6.07) is 11.7. The number of nitrogens with one attached hydrogen (secondary N) is 1. The van der Waals surface area contributed by atoms with Crippen LogP contribution in [0.15, 0.2) is 48.8 Å². The summed E-state index contributed by atoms with van der Waals surface area (Å²) < 4.78 is 0. The molecule has 0 fully saturated rings. The van der Waals surface area contributed by atoms with Crippen molar-refractivity contribution in [1.82, 2.24) is 9.97 Å². The zero-order valence-electron chi connectivity index (χ0n) is 10.7. The highest BCUT2D eigenvalue weighted by Crippen LogP contribution is 2.28. The van der Waals surface area contributed by atoms with Crippen molar-refractivity contribution in [3.63, 3.8) is 0 Å². The molecule has 5 heteroatoms. The van der Waals surface area contributed by atoms with E-state index in [1.165, 1.54) is 0 Å². The molecule has 2 heterocycles. The molecule has 100 valence electrons. The number of pyridine rings is 2.